The van der Waals surface area contributed by atoms with Crippen molar-refractivity contribution in [2.75, 3.05) is 7.11 Å². The van der Waals surface area contributed by atoms with E-state index in [1.54, 1.807) is 25.3 Å². The Balaban J connectivity index is 1.97. The Morgan fingerprint density at radius 2 is 1.52 bits per heavy atom. The van der Waals surface area contributed by atoms with E-state index in [0.717, 1.165) is 18.4 Å². The molecule has 0 saturated carbocycles. The molecule has 0 saturated heterocycles. The fraction of sp³-hybridized carbons (Fsp3) is 0.360. The van der Waals surface area contributed by atoms with Gasteiger partial charge in [0.1, 0.15) is 5.75 Å². The molecule has 0 unspecified atom stereocenters. The van der Waals surface area contributed by atoms with E-state index in [-0.39, 0.29) is 22.2 Å². The molecule has 1 N–H and O–H groups in total. The first-order valence-corrected chi connectivity index (χ1v) is 9.84. The van der Waals surface area contributed by atoms with Crippen molar-refractivity contribution in [3.8, 4) is 5.75 Å². The molecule has 4 nitrogen and oxygen atoms in total. The van der Waals surface area contributed by atoms with Gasteiger partial charge in [-0.3, -0.25) is 4.79 Å². The van der Waals surface area contributed by atoms with Gasteiger partial charge in [-0.1, -0.05) is 45.9 Å². The van der Waals surface area contributed by atoms with E-state index in [9.17, 15) is 9.59 Å². The molecule has 2 aromatic carbocycles. The van der Waals surface area contributed by atoms with Crippen molar-refractivity contribution >= 4 is 17.8 Å². The molecule has 0 bridgehead atoms. The minimum Gasteiger partial charge on any atom is -0.496 e. The van der Waals surface area contributed by atoms with Crippen LogP contribution >= 0.6 is 0 Å². The third-order valence-electron chi connectivity index (χ3n) is 6.02. The minimum atomic E-state index is -0.971. The molecular weight excluding hydrogens is 364 g/mol. The van der Waals surface area contributed by atoms with Crippen LogP contribution in [0, 0.1) is 0 Å². The number of fused-ring (bicyclic) bond motifs is 1. The number of allylic oxidation sites excluding steroid dienone is 1. The number of ketones is 1. The summed E-state index contributed by atoms with van der Waals surface area (Å²) in [5.74, 6) is -0.516. The SMILES string of the molecule is COc1cc2c(cc1C(=O)/C=C/c1ccc(C(=O)O)cc1)C(C)(C)CCC2(C)C. The maximum atomic E-state index is 13.0. The van der Waals surface area contributed by atoms with E-state index in [1.807, 2.05) is 12.1 Å². The average Bonchev–Trinajstić information content (AvgIpc) is 2.69. The van der Waals surface area contributed by atoms with E-state index in [2.05, 4.69) is 27.7 Å². The third-order valence-corrected chi connectivity index (χ3v) is 6.02. The first-order chi connectivity index (χ1) is 13.5. The van der Waals surface area contributed by atoms with Gasteiger partial charge in [0.2, 0.25) is 0 Å². The van der Waals surface area contributed by atoms with Gasteiger partial charge in [0.05, 0.1) is 18.2 Å². The van der Waals surface area contributed by atoms with E-state index < -0.39 is 5.97 Å². The molecule has 0 aromatic heterocycles. The van der Waals surface area contributed by atoms with Crippen molar-refractivity contribution in [2.24, 2.45) is 0 Å². The molecule has 152 valence electrons. The number of benzene rings is 2. The van der Waals surface area contributed by atoms with Crippen LogP contribution in [0.4, 0.5) is 0 Å². The zero-order valence-corrected chi connectivity index (χ0v) is 17.7. The molecule has 1 aliphatic rings. The lowest BCUT2D eigenvalue weighted by Crippen LogP contribution is -2.34. The number of carbonyl (C=O) groups is 2. The van der Waals surface area contributed by atoms with Crippen LogP contribution in [0.3, 0.4) is 0 Å². The molecule has 0 amide bonds. The smallest absolute Gasteiger partial charge is 0.335 e. The fourth-order valence-corrected chi connectivity index (χ4v) is 3.95. The molecule has 0 aliphatic heterocycles. The Morgan fingerprint density at radius 1 is 0.966 bits per heavy atom. The van der Waals surface area contributed by atoms with Crippen molar-refractivity contribution in [3.63, 3.8) is 0 Å². The quantitative estimate of drug-likeness (QED) is 0.528. The number of hydrogen-bond acceptors (Lipinski definition) is 3. The van der Waals surface area contributed by atoms with Crippen LogP contribution in [0.25, 0.3) is 6.08 Å². The van der Waals surface area contributed by atoms with Crippen molar-refractivity contribution in [1.29, 1.82) is 0 Å². The topological polar surface area (TPSA) is 63.6 Å². The van der Waals surface area contributed by atoms with Gasteiger partial charge in [0.25, 0.3) is 0 Å². The maximum Gasteiger partial charge on any atom is 0.335 e. The second kappa shape index (κ2) is 7.51. The number of carboxylic acids is 1. The molecule has 0 fully saturated rings. The number of carboxylic acid groups (broad SMARTS) is 1. The van der Waals surface area contributed by atoms with Crippen LogP contribution < -0.4 is 4.74 Å². The van der Waals surface area contributed by atoms with Crippen molar-refractivity contribution in [2.45, 2.75) is 51.4 Å². The molecule has 2 aromatic rings. The van der Waals surface area contributed by atoms with Crippen molar-refractivity contribution in [1.82, 2.24) is 0 Å². The Kier molecular flexibility index (Phi) is 5.40. The summed E-state index contributed by atoms with van der Waals surface area (Å²) in [7, 11) is 1.59. The standard InChI is InChI=1S/C25H28O4/c1-24(2)12-13-25(3,4)20-15-22(29-5)18(14-19(20)24)21(26)11-8-16-6-9-17(10-7-16)23(27)28/h6-11,14-15H,12-13H2,1-5H3,(H,27,28)/b11-8+. The first-order valence-electron chi connectivity index (χ1n) is 9.84. The summed E-state index contributed by atoms with van der Waals surface area (Å²) in [5.41, 5.74) is 4.03. The lowest BCUT2D eigenvalue weighted by molar-refractivity contribution is 0.0696. The summed E-state index contributed by atoms with van der Waals surface area (Å²) in [6, 6.07) is 10.4. The van der Waals surface area contributed by atoms with Gasteiger partial charge in [-0.25, -0.2) is 4.79 Å². The Hall–Kier alpha value is -2.88. The van der Waals surface area contributed by atoms with Gasteiger partial charge in [0.15, 0.2) is 5.78 Å². The summed E-state index contributed by atoms with van der Waals surface area (Å²) in [4.78, 5) is 23.9. The number of aromatic carboxylic acids is 1. The zero-order valence-electron chi connectivity index (χ0n) is 17.7. The van der Waals surface area contributed by atoms with Gasteiger partial charge in [-0.2, -0.15) is 0 Å². The fourth-order valence-electron chi connectivity index (χ4n) is 3.95. The lowest BCUT2D eigenvalue weighted by Gasteiger charge is -2.42. The summed E-state index contributed by atoms with van der Waals surface area (Å²) in [5, 5.41) is 8.99. The van der Waals surface area contributed by atoms with Crippen LogP contribution in [0.1, 0.15) is 77.9 Å². The zero-order chi connectivity index (χ0) is 21.4. The van der Waals surface area contributed by atoms with Gasteiger partial charge in [-0.15, -0.1) is 0 Å². The molecule has 0 radical (unpaired) electrons. The normalized spacial score (nSPS) is 17.0. The summed E-state index contributed by atoms with van der Waals surface area (Å²) >= 11 is 0. The lowest BCUT2D eigenvalue weighted by atomic mass is 9.63. The molecular formula is C25H28O4. The Labute approximate surface area is 172 Å². The molecule has 3 rings (SSSR count). The average molecular weight is 392 g/mol. The number of hydrogen-bond donors (Lipinski definition) is 1. The number of ether oxygens (including phenoxy) is 1. The molecule has 4 heteroatoms. The van der Waals surface area contributed by atoms with Gasteiger partial charge in [0, 0.05) is 0 Å². The highest BCUT2D eigenvalue weighted by molar-refractivity contribution is 6.09. The van der Waals surface area contributed by atoms with Crippen molar-refractivity contribution in [3.05, 3.63) is 70.3 Å². The minimum absolute atomic E-state index is 0.00251. The van der Waals surface area contributed by atoms with Crippen LogP contribution in [0.5, 0.6) is 5.75 Å². The molecule has 0 spiro atoms. The molecule has 0 atom stereocenters. The second-order valence-corrected chi connectivity index (χ2v) is 8.99. The number of rotatable bonds is 5. The predicted molar refractivity (Wildman–Crippen MR) is 115 cm³/mol. The number of carbonyl (C=O) groups excluding carboxylic acids is 1. The van der Waals surface area contributed by atoms with Crippen LogP contribution in [0.2, 0.25) is 0 Å². The van der Waals surface area contributed by atoms with Crippen LogP contribution in [-0.2, 0) is 10.8 Å². The van der Waals surface area contributed by atoms with Crippen molar-refractivity contribution < 1.29 is 19.4 Å². The van der Waals surface area contributed by atoms with Gasteiger partial charge < -0.3 is 9.84 Å². The highest BCUT2D eigenvalue weighted by Crippen LogP contribution is 2.47. The van der Waals surface area contributed by atoms with E-state index >= 15 is 0 Å². The molecule has 1 aliphatic carbocycles. The van der Waals surface area contributed by atoms with Gasteiger partial charge >= 0.3 is 5.97 Å². The molecule has 29 heavy (non-hydrogen) atoms. The highest BCUT2D eigenvalue weighted by Gasteiger charge is 2.38. The summed E-state index contributed by atoms with van der Waals surface area (Å²) in [6.45, 7) is 8.93. The Morgan fingerprint density at radius 3 is 2.03 bits per heavy atom. The Bertz CT molecular complexity index is 979. The van der Waals surface area contributed by atoms with Crippen LogP contribution in [0.15, 0.2) is 42.5 Å². The third kappa shape index (κ3) is 4.12. The highest BCUT2D eigenvalue weighted by atomic mass is 16.5. The monoisotopic (exact) mass is 392 g/mol. The predicted octanol–water partition coefficient (Wildman–Crippen LogP) is 5.64. The van der Waals surface area contributed by atoms with Gasteiger partial charge in [-0.05, 0) is 70.7 Å². The van der Waals surface area contributed by atoms with E-state index in [4.69, 9.17) is 9.84 Å². The van der Waals surface area contributed by atoms with E-state index in [1.165, 1.54) is 29.3 Å². The van der Waals surface area contributed by atoms with E-state index in [0.29, 0.717) is 11.3 Å². The van der Waals surface area contributed by atoms with Crippen LogP contribution in [-0.4, -0.2) is 24.0 Å². The largest absolute Gasteiger partial charge is 0.496 e. The molecule has 0 heterocycles. The maximum absolute atomic E-state index is 13.0. The number of methoxy groups -OCH3 is 1. The first kappa shape index (κ1) is 20.8. The summed E-state index contributed by atoms with van der Waals surface area (Å²) < 4.78 is 5.57. The second-order valence-electron chi connectivity index (χ2n) is 8.99. The summed E-state index contributed by atoms with van der Waals surface area (Å²) in [6.07, 6.45) is 5.37.